The Balaban J connectivity index is 0.000000970. The number of benzene rings is 1. The van der Waals surface area contributed by atoms with Gasteiger partial charge in [0.05, 0.1) is 20.8 Å². The van der Waals surface area contributed by atoms with E-state index in [0.29, 0.717) is 12.5 Å². The lowest BCUT2D eigenvalue weighted by molar-refractivity contribution is -0.129. The molecule has 0 saturated carbocycles. The molecule has 1 aliphatic rings. The number of carbonyl (C=O) groups excluding carboxylic acids is 1. The van der Waals surface area contributed by atoms with Gasteiger partial charge in [0.2, 0.25) is 5.91 Å². The maximum atomic E-state index is 11.8. The summed E-state index contributed by atoms with van der Waals surface area (Å²) < 4.78 is 10.6. The third kappa shape index (κ3) is 6.62. The number of carbonyl (C=O) groups is 2. The number of hydrogen-bond acceptors (Lipinski definition) is 5. The number of rotatable bonds is 6. The molecule has 1 aromatic rings. The minimum absolute atomic E-state index is 0.173. The van der Waals surface area contributed by atoms with Crippen LogP contribution in [0.15, 0.2) is 18.2 Å². The Kier molecular flexibility index (Phi) is 8.77. The molecule has 7 heteroatoms. The predicted octanol–water partition coefficient (Wildman–Crippen LogP) is 1.36. The van der Waals surface area contributed by atoms with E-state index in [1.54, 1.807) is 33.2 Å². The van der Waals surface area contributed by atoms with Gasteiger partial charge >= 0.3 is 0 Å². The van der Waals surface area contributed by atoms with Crippen molar-refractivity contribution in [1.82, 2.24) is 9.80 Å². The molecule has 1 aliphatic heterocycles. The highest BCUT2D eigenvalue weighted by atomic mass is 16.5. The Morgan fingerprint density at radius 1 is 1.32 bits per heavy atom. The number of nitrogens with zero attached hydrogens (tertiary/aromatic N) is 2. The highest BCUT2D eigenvalue weighted by Gasteiger charge is 2.24. The van der Waals surface area contributed by atoms with Crippen LogP contribution in [0, 0.1) is 5.92 Å². The quantitative estimate of drug-likeness (QED) is 0.779. The zero-order valence-corrected chi connectivity index (χ0v) is 15.4. The molecular formula is C18H28N2O5. The first-order chi connectivity index (χ1) is 11.9. The van der Waals surface area contributed by atoms with Gasteiger partial charge < -0.3 is 19.5 Å². The third-order valence-electron chi connectivity index (χ3n) is 4.20. The average Bonchev–Trinajstić information content (AvgIpc) is 3.02. The fourth-order valence-corrected chi connectivity index (χ4v) is 2.90. The minimum atomic E-state index is -0.250. The van der Waals surface area contributed by atoms with Gasteiger partial charge in [0.25, 0.3) is 6.47 Å². The second-order valence-corrected chi connectivity index (χ2v) is 6.18. The van der Waals surface area contributed by atoms with Crippen molar-refractivity contribution in [2.45, 2.75) is 12.8 Å². The van der Waals surface area contributed by atoms with Gasteiger partial charge in [-0.15, -0.1) is 0 Å². The Morgan fingerprint density at radius 2 is 1.96 bits per heavy atom. The van der Waals surface area contributed by atoms with Crippen LogP contribution in [0.4, 0.5) is 0 Å². The monoisotopic (exact) mass is 352 g/mol. The molecule has 25 heavy (non-hydrogen) atoms. The van der Waals surface area contributed by atoms with Crippen molar-refractivity contribution in [2.75, 3.05) is 47.9 Å². The van der Waals surface area contributed by atoms with Crippen LogP contribution < -0.4 is 9.47 Å². The van der Waals surface area contributed by atoms with Gasteiger partial charge in [-0.3, -0.25) is 14.5 Å². The first-order valence-corrected chi connectivity index (χ1v) is 8.16. The van der Waals surface area contributed by atoms with Crippen LogP contribution in [0.3, 0.4) is 0 Å². The summed E-state index contributed by atoms with van der Waals surface area (Å²) >= 11 is 0. The number of amides is 1. The van der Waals surface area contributed by atoms with Gasteiger partial charge in [0.15, 0.2) is 11.5 Å². The van der Waals surface area contributed by atoms with Gasteiger partial charge in [-0.2, -0.15) is 0 Å². The van der Waals surface area contributed by atoms with Crippen molar-refractivity contribution in [3.05, 3.63) is 23.8 Å². The SMILES string of the molecule is COc1ccc(CC2CCN(CC(=O)N(C)C)C2)cc1OC.O=CO. The standard InChI is InChI=1S/C17H26N2O3.CH2O2/c1-18(2)17(20)12-19-8-7-14(11-19)9-13-5-6-15(21-3)16(10-13)22-4;2-1-3/h5-6,10,14H,7-9,11-12H2,1-4H3;1H,(H,2,3). The van der Waals surface area contributed by atoms with Crippen LogP contribution >= 0.6 is 0 Å². The molecule has 1 fully saturated rings. The third-order valence-corrected chi connectivity index (χ3v) is 4.20. The van der Waals surface area contributed by atoms with E-state index in [0.717, 1.165) is 37.4 Å². The Labute approximate surface area is 149 Å². The van der Waals surface area contributed by atoms with Crippen LogP contribution in [0.25, 0.3) is 0 Å². The lowest BCUT2D eigenvalue weighted by Crippen LogP contribution is -2.35. The van der Waals surface area contributed by atoms with Crippen molar-refractivity contribution >= 4 is 12.4 Å². The van der Waals surface area contributed by atoms with E-state index in [-0.39, 0.29) is 12.4 Å². The first-order valence-electron chi connectivity index (χ1n) is 8.16. The van der Waals surface area contributed by atoms with Crippen molar-refractivity contribution in [3.8, 4) is 11.5 Å². The number of likely N-dealkylation sites (tertiary alicyclic amines) is 1. The van der Waals surface area contributed by atoms with Crippen LogP contribution in [-0.4, -0.2) is 75.2 Å². The number of hydrogen-bond donors (Lipinski definition) is 1. The molecule has 1 atom stereocenters. The molecule has 1 aromatic carbocycles. The number of ether oxygens (including phenoxy) is 2. The summed E-state index contributed by atoms with van der Waals surface area (Å²) in [5.41, 5.74) is 1.25. The van der Waals surface area contributed by atoms with E-state index in [1.807, 2.05) is 12.1 Å². The van der Waals surface area contributed by atoms with Crippen molar-refractivity contribution < 1.29 is 24.2 Å². The number of methoxy groups -OCH3 is 2. The first kappa shape index (κ1) is 20.8. The van der Waals surface area contributed by atoms with E-state index in [2.05, 4.69) is 11.0 Å². The average molecular weight is 352 g/mol. The topological polar surface area (TPSA) is 79.3 Å². The molecule has 140 valence electrons. The van der Waals surface area contributed by atoms with Crippen molar-refractivity contribution in [1.29, 1.82) is 0 Å². The normalized spacial score (nSPS) is 16.6. The molecule has 7 nitrogen and oxygen atoms in total. The molecule has 0 aliphatic carbocycles. The molecule has 1 heterocycles. The molecule has 0 bridgehead atoms. The Hall–Kier alpha value is -2.28. The largest absolute Gasteiger partial charge is 0.493 e. The van der Waals surface area contributed by atoms with Crippen molar-refractivity contribution in [2.24, 2.45) is 5.92 Å². The highest BCUT2D eigenvalue weighted by molar-refractivity contribution is 5.77. The van der Waals surface area contributed by atoms with E-state index in [9.17, 15) is 4.79 Å². The van der Waals surface area contributed by atoms with Gasteiger partial charge in [-0.25, -0.2) is 0 Å². The van der Waals surface area contributed by atoms with E-state index < -0.39 is 0 Å². The number of likely N-dealkylation sites (N-methyl/N-ethyl adjacent to an activating group) is 1. The van der Waals surface area contributed by atoms with Crippen LogP contribution in [0.1, 0.15) is 12.0 Å². The molecule has 0 spiro atoms. The molecule has 1 saturated heterocycles. The van der Waals surface area contributed by atoms with Crippen LogP contribution in [-0.2, 0) is 16.0 Å². The lowest BCUT2D eigenvalue weighted by Gasteiger charge is -2.18. The Bertz CT molecular complexity index is 562. The zero-order chi connectivity index (χ0) is 18.8. The molecular weight excluding hydrogens is 324 g/mol. The smallest absolute Gasteiger partial charge is 0.290 e. The Morgan fingerprint density at radius 3 is 2.52 bits per heavy atom. The summed E-state index contributed by atoms with van der Waals surface area (Å²) in [7, 11) is 6.92. The highest BCUT2D eigenvalue weighted by Crippen LogP contribution is 2.29. The van der Waals surface area contributed by atoms with Crippen LogP contribution in [0.2, 0.25) is 0 Å². The summed E-state index contributed by atoms with van der Waals surface area (Å²) in [5, 5.41) is 6.89. The van der Waals surface area contributed by atoms with Gasteiger partial charge in [0.1, 0.15) is 0 Å². The number of carboxylic acid groups (broad SMARTS) is 1. The maximum Gasteiger partial charge on any atom is 0.290 e. The van der Waals surface area contributed by atoms with E-state index >= 15 is 0 Å². The predicted molar refractivity (Wildman–Crippen MR) is 95.2 cm³/mol. The molecule has 0 radical (unpaired) electrons. The summed E-state index contributed by atoms with van der Waals surface area (Å²) in [4.78, 5) is 24.0. The summed E-state index contributed by atoms with van der Waals surface area (Å²) in [6, 6.07) is 6.10. The van der Waals surface area contributed by atoms with Crippen LogP contribution in [0.5, 0.6) is 11.5 Å². The van der Waals surface area contributed by atoms with Crippen molar-refractivity contribution in [3.63, 3.8) is 0 Å². The molecule has 1 N–H and O–H groups in total. The van der Waals surface area contributed by atoms with Gasteiger partial charge in [-0.1, -0.05) is 6.07 Å². The van der Waals surface area contributed by atoms with Gasteiger partial charge in [-0.05, 0) is 43.0 Å². The molecule has 2 rings (SSSR count). The summed E-state index contributed by atoms with van der Waals surface area (Å²) in [5.74, 6) is 2.30. The molecule has 0 aromatic heterocycles. The second-order valence-electron chi connectivity index (χ2n) is 6.18. The summed E-state index contributed by atoms with van der Waals surface area (Å²) in [6.07, 6.45) is 2.14. The maximum absolute atomic E-state index is 11.8. The minimum Gasteiger partial charge on any atom is -0.493 e. The van der Waals surface area contributed by atoms with Gasteiger partial charge in [0, 0.05) is 20.6 Å². The molecule has 1 unspecified atom stereocenters. The van der Waals surface area contributed by atoms with E-state index in [4.69, 9.17) is 19.4 Å². The fraction of sp³-hybridized carbons (Fsp3) is 0.556. The lowest BCUT2D eigenvalue weighted by atomic mass is 9.98. The molecule has 1 amide bonds. The zero-order valence-electron chi connectivity index (χ0n) is 15.4. The van der Waals surface area contributed by atoms with E-state index in [1.165, 1.54) is 5.56 Å². The summed E-state index contributed by atoms with van der Waals surface area (Å²) in [6.45, 7) is 2.25. The second kappa shape index (κ2) is 10.6. The fourth-order valence-electron chi connectivity index (χ4n) is 2.90.